The Hall–Kier alpha value is -2.48. The predicted octanol–water partition coefficient (Wildman–Crippen LogP) is 1.64. The van der Waals surface area contributed by atoms with E-state index in [0.29, 0.717) is 5.56 Å². The van der Waals surface area contributed by atoms with E-state index in [1.54, 1.807) is 0 Å². The van der Waals surface area contributed by atoms with Gasteiger partial charge in [-0.15, -0.1) is 0 Å². The minimum atomic E-state index is -3.60. The van der Waals surface area contributed by atoms with Gasteiger partial charge in [-0.1, -0.05) is 0 Å². The molecule has 1 heterocycles. The maximum Gasteiger partial charge on any atom is 0.269 e. The molecule has 0 saturated heterocycles. The van der Waals surface area contributed by atoms with Gasteiger partial charge in [0.2, 0.25) is 0 Å². The van der Waals surface area contributed by atoms with Gasteiger partial charge >= 0.3 is 0 Å². The Morgan fingerprint density at radius 2 is 1.95 bits per heavy atom. The van der Waals surface area contributed by atoms with Gasteiger partial charge in [0, 0.05) is 24.5 Å². The van der Waals surface area contributed by atoms with Crippen molar-refractivity contribution in [2.75, 3.05) is 0 Å². The molecular weight excluding hydrogens is 270 g/mol. The van der Waals surface area contributed by atoms with Gasteiger partial charge in [0.05, 0.1) is 10.3 Å². The first-order valence-corrected chi connectivity index (χ1v) is 6.65. The fourth-order valence-electron chi connectivity index (χ4n) is 1.34. The topological polar surface area (TPSA) is 95.1 Å². The first-order valence-electron chi connectivity index (χ1n) is 5.15. The molecular formula is C11H9N3O4S. The van der Waals surface area contributed by atoms with Crippen molar-refractivity contribution < 1.29 is 13.3 Å². The summed E-state index contributed by atoms with van der Waals surface area (Å²) in [6.07, 6.45) is 5.21. The second-order valence-electron chi connectivity index (χ2n) is 3.59. The second kappa shape index (κ2) is 5.02. The zero-order chi connectivity index (χ0) is 13.9. The fourth-order valence-corrected chi connectivity index (χ4v) is 2.22. The Bertz CT molecular complexity index is 703. The van der Waals surface area contributed by atoms with E-state index < -0.39 is 14.9 Å². The number of rotatable bonds is 4. The van der Waals surface area contributed by atoms with Crippen LogP contribution in [0.15, 0.2) is 48.4 Å². The van der Waals surface area contributed by atoms with Crippen molar-refractivity contribution in [3.63, 3.8) is 0 Å². The number of nitro groups is 1. The second-order valence-corrected chi connectivity index (χ2v) is 5.31. The minimum absolute atomic E-state index is 0.0467. The van der Waals surface area contributed by atoms with Crippen molar-refractivity contribution in [2.24, 2.45) is 0 Å². The van der Waals surface area contributed by atoms with Gasteiger partial charge in [-0.3, -0.25) is 10.1 Å². The molecule has 0 spiro atoms. The molecule has 0 fully saturated rings. The Morgan fingerprint density at radius 3 is 2.47 bits per heavy atom. The molecule has 0 aliphatic rings. The molecule has 2 aromatic rings. The molecule has 0 saturated carbocycles. The van der Waals surface area contributed by atoms with Crippen molar-refractivity contribution in [3.05, 3.63) is 64.1 Å². The Morgan fingerprint density at radius 1 is 1.26 bits per heavy atom. The molecule has 0 aliphatic carbocycles. The largest absolute Gasteiger partial charge is 0.269 e. The molecule has 0 bridgehead atoms. The van der Waals surface area contributed by atoms with Crippen LogP contribution in [0, 0.1) is 10.1 Å². The number of benzene rings is 1. The summed E-state index contributed by atoms with van der Waals surface area (Å²) in [6, 6.07) is 5.56. The quantitative estimate of drug-likeness (QED) is 0.626. The lowest BCUT2D eigenvalue weighted by Crippen LogP contribution is -2.05. The van der Waals surface area contributed by atoms with Crippen LogP contribution in [0.3, 0.4) is 0 Å². The van der Waals surface area contributed by atoms with Crippen LogP contribution in [0.2, 0.25) is 0 Å². The van der Waals surface area contributed by atoms with E-state index in [0.717, 1.165) is 9.38 Å². The third-order valence-corrected chi connectivity index (χ3v) is 3.59. The normalized spacial score (nSPS) is 11.8. The van der Waals surface area contributed by atoms with Gasteiger partial charge < -0.3 is 0 Å². The molecule has 0 N–H and O–H groups in total. The highest BCUT2D eigenvalue weighted by Crippen LogP contribution is 2.13. The summed E-state index contributed by atoms with van der Waals surface area (Å²) < 4.78 is 24.5. The zero-order valence-corrected chi connectivity index (χ0v) is 10.4. The SMILES string of the molecule is O=[N+]([O-])c1ccc(C=CS(=O)(=O)n2ccnc2)cc1. The number of nitrogens with zero attached hydrogens (tertiary/aromatic N) is 3. The lowest BCUT2D eigenvalue weighted by Gasteiger charge is -1.98. The van der Waals surface area contributed by atoms with Crippen LogP contribution >= 0.6 is 0 Å². The van der Waals surface area contributed by atoms with Crippen LogP contribution in [-0.2, 0) is 10.0 Å². The first-order chi connectivity index (χ1) is 8.99. The number of aromatic nitrogens is 2. The minimum Gasteiger partial charge on any atom is -0.258 e. The van der Waals surface area contributed by atoms with Crippen LogP contribution in [0.4, 0.5) is 5.69 Å². The molecule has 98 valence electrons. The maximum absolute atomic E-state index is 11.8. The Labute approximate surface area is 109 Å². The smallest absolute Gasteiger partial charge is 0.258 e. The number of non-ortho nitro benzene ring substituents is 1. The molecule has 1 aromatic heterocycles. The summed E-state index contributed by atoms with van der Waals surface area (Å²) in [5.74, 6) is 0. The van der Waals surface area contributed by atoms with Crippen LogP contribution < -0.4 is 0 Å². The van der Waals surface area contributed by atoms with Gasteiger partial charge in [-0.05, 0) is 23.8 Å². The molecule has 1 aromatic carbocycles. The molecule has 2 rings (SSSR count). The van der Waals surface area contributed by atoms with Gasteiger partial charge in [0.25, 0.3) is 15.7 Å². The van der Waals surface area contributed by atoms with Crippen LogP contribution in [0.1, 0.15) is 5.56 Å². The van der Waals surface area contributed by atoms with E-state index in [9.17, 15) is 18.5 Å². The summed E-state index contributed by atoms with van der Waals surface area (Å²) >= 11 is 0. The van der Waals surface area contributed by atoms with Crippen LogP contribution in [0.25, 0.3) is 6.08 Å². The standard InChI is InChI=1S/C11H9N3O4S/c15-14(16)11-3-1-10(2-4-11)5-8-19(17,18)13-7-6-12-9-13/h1-9H. The number of nitro benzene ring substituents is 1. The van der Waals surface area contributed by atoms with Gasteiger partial charge in [-0.25, -0.2) is 17.4 Å². The van der Waals surface area contributed by atoms with Crippen molar-refractivity contribution in [1.29, 1.82) is 0 Å². The van der Waals surface area contributed by atoms with E-state index >= 15 is 0 Å². The molecule has 0 atom stereocenters. The maximum atomic E-state index is 11.8. The van der Waals surface area contributed by atoms with Crippen molar-refractivity contribution in [3.8, 4) is 0 Å². The molecule has 0 radical (unpaired) electrons. The summed E-state index contributed by atoms with van der Waals surface area (Å²) in [5.41, 5.74) is 0.504. The van der Waals surface area contributed by atoms with E-state index in [2.05, 4.69) is 4.98 Å². The fraction of sp³-hybridized carbons (Fsp3) is 0. The summed E-state index contributed by atoms with van der Waals surface area (Å²) in [5, 5.41) is 11.5. The zero-order valence-electron chi connectivity index (χ0n) is 9.58. The summed E-state index contributed by atoms with van der Waals surface area (Å²) in [7, 11) is -3.60. The third kappa shape index (κ3) is 3.05. The average molecular weight is 279 g/mol. The van der Waals surface area contributed by atoms with Gasteiger partial charge in [0.1, 0.15) is 6.33 Å². The Balaban J connectivity index is 2.21. The lowest BCUT2D eigenvalue weighted by atomic mass is 10.2. The molecule has 8 heteroatoms. The van der Waals surface area contributed by atoms with Crippen molar-refractivity contribution in [1.82, 2.24) is 8.96 Å². The number of hydrogen-bond donors (Lipinski definition) is 0. The summed E-state index contributed by atoms with van der Waals surface area (Å²) in [4.78, 5) is 13.6. The molecule has 0 aliphatic heterocycles. The van der Waals surface area contributed by atoms with Gasteiger partial charge in [0.15, 0.2) is 0 Å². The number of hydrogen-bond acceptors (Lipinski definition) is 5. The monoisotopic (exact) mass is 279 g/mol. The van der Waals surface area contributed by atoms with E-state index in [1.807, 2.05) is 0 Å². The molecule has 0 unspecified atom stereocenters. The van der Waals surface area contributed by atoms with Crippen LogP contribution in [-0.4, -0.2) is 22.3 Å². The molecule has 7 nitrogen and oxygen atoms in total. The van der Waals surface area contributed by atoms with Crippen molar-refractivity contribution >= 4 is 21.8 Å². The van der Waals surface area contributed by atoms with Crippen molar-refractivity contribution in [2.45, 2.75) is 0 Å². The van der Waals surface area contributed by atoms with E-state index in [-0.39, 0.29) is 5.69 Å². The lowest BCUT2D eigenvalue weighted by molar-refractivity contribution is -0.384. The Kier molecular flexibility index (Phi) is 3.43. The highest BCUT2D eigenvalue weighted by atomic mass is 32.2. The predicted molar refractivity (Wildman–Crippen MR) is 68.7 cm³/mol. The highest BCUT2D eigenvalue weighted by Gasteiger charge is 2.07. The van der Waals surface area contributed by atoms with Crippen LogP contribution in [0.5, 0.6) is 0 Å². The van der Waals surface area contributed by atoms with E-state index in [1.165, 1.54) is 49.1 Å². The van der Waals surface area contributed by atoms with Gasteiger partial charge in [-0.2, -0.15) is 0 Å². The molecule has 19 heavy (non-hydrogen) atoms. The highest BCUT2D eigenvalue weighted by molar-refractivity contribution is 7.92. The summed E-state index contributed by atoms with van der Waals surface area (Å²) in [6.45, 7) is 0. The van der Waals surface area contributed by atoms with E-state index in [4.69, 9.17) is 0 Å². The first kappa shape index (κ1) is 13.0. The molecule has 0 amide bonds. The third-order valence-electron chi connectivity index (χ3n) is 2.31. The number of imidazole rings is 1. The average Bonchev–Trinajstić information content (AvgIpc) is 2.91.